The summed E-state index contributed by atoms with van der Waals surface area (Å²) in [5, 5.41) is 0.730. The molecule has 106 valence electrons. The molecule has 0 fully saturated rings. The predicted molar refractivity (Wildman–Crippen MR) is 95.4 cm³/mol. The molecular weight excluding hydrogens is 276 g/mol. The van der Waals surface area contributed by atoms with Crippen molar-refractivity contribution in [2.75, 3.05) is 0 Å². The minimum atomic E-state index is 0.730. The second-order valence-corrected chi connectivity index (χ2v) is 5.52. The Balaban J connectivity index is 2.57. The number of allylic oxidation sites excluding steroid dienone is 3. The van der Waals surface area contributed by atoms with Gasteiger partial charge in [-0.2, -0.15) is 0 Å². The molecule has 2 aromatic rings. The highest BCUT2D eigenvalue weighted by Gasteiger charge is 2.09. The topological polar surface area (TPSA) is 0 Å². The van der Waals surface area contributed by atoms with Crippen LogP contribution in [0.2, 0.25) is 5.02 Å². The van der Waals surface area contributed by atoms with Crippen molar-refractivity contribution < 1.29 is 0 Å². The Morgan fingerprint density at radius 1 is 1.10 bits per heavy atom. The van der Waals surface area contributed by atoms with E-state index in [0.29, 0.717) is 0 Å². The van der Waals surface area contributed by atoms with E-state index in [4.69, 9.17) is 11.6 Å². The predicted octanol–water partition coefficient (Wildman–Crippen LogP) is 6.63. The first-order chi connectivity index (χ1) is 10.0. The second kappa shape index (κ2) is 6.60. The van der Waals surface area contributed by atoms with Crippen LogP contribution in [0.4, 0.5) is 0 Å². The largest absolute Gasteiger partial charge is 0.103 e. The third-order valence-electron chi connectivity index (χ3n) is 3.44. The van der Waals surface area contributed by atoms with Crippen LogP contribution in [0.15, 0.2) is 68.3 Å². The number of benzene rings is 2. The first-order valence-corrected chi connectivity index (χ1v) is 7.26. The van der Waals surface area contributed by atoms with Gasteiger partial charge in [0.1, 0.15) is 0 Å². The highest BCUT2D eigenvalue weighted by molar-refractivity contribution is 6.32. The van der Waals surface area contributed by atoms with Crippen LogP contribution in [0, 0.1) is 0 Å². The summed E-state index contributed by atoms with van der Waals surface area (Å²) in [5.74, 6) is 0. The van der Waals surface area contributed by atoms with Crippen LogP contribution in [0.3, 0.4) is 0 Å². The number of halogens is 1. The first-order valence-electron chi connectivity index (χ1n) is 6.88. The zero-order chi connectivity index (χ0) is 15.4. The quantitative estimate of drug-likeness (QED) is 0.543. The van der Waals surface area contributed by atoms with Crippen LogP contribution in [0.25, 0.3) is 22.3 Å². The zero-order valence-corrected chi connectivity index (χ0v) is 13.1. The average molecular weight is 295 g/mol. The van der Waals surface area contributed by atoms with E-state index in [1.807, 2.05) is 37.3 Å². The molecule has 0 heterocycles. The highest BCUT2D eigenvalue weighted by atomic mass is 35.5. The molecule has 0 unspecified atom stereocenters. The fourth-order valence-electron chi connectivity index (χ4n) is 2.35. The van der Waals surface area contributed by atoms with E-state index in [1.54, 1.807) is 0 Å². The molecule has 21 heavy (non-hydrogen) atoms. The van der Waals surface area contributed by atoms with Crippen LogP contribution in [-0.2, 0) is 0 Å². The van der Waals surface area contributed by atoms with Crippen LogP contribution >= 0.6 is 11.6 Å². The van der Waals surface area contributed by atoms with Crippen molar-refractivity contribution in [3.8, 4) is 11.1 Å². The molecule has 2 rings (SSSR count). The molecule has 0 atom stereocenters. The molecule has 0 amide bonds. The van der Waals surface area contributed by atoms with E-state index in [0.717, 1.165) is 44.8 Å². The van der Waals surface area contributed by atoms with E-state index in [2.05, 4.69) is 37.9 Å². The van der Waals surface area contributed by atoms with Gasteiger partial charge in [0.25, 0.3) is 0 Å². The molecule has 0 N–H and O–H groups in total. The lowest BCUT2D eigenvalue weighted by molar-refractivity contribution is 1.40. The minimum absolute atomic E-state index is 0.730. The highest BCUT2D eigenvalue weighted by Crippen LogP contribution is 2.33. The summed E-state index contributed by atoms with van der Waals surface area (Å²) in [5.41, 5.74) is 6.43. The van der Waals surface area contributed by atoms with Gasteiger partial charge in [0, 0.05) is 5.02 Å². The van der Waals surface area contributed by atoms with E-state index in [9.17, 15) is 0 Å². The van der Waals surface area contributed by atoms with Crippen molar-refractivity contribution in [1.29, 1.82) is 0 Å². The third kappa shape index (κ3) is 3.34. The summed E-state index contributed by atoms with van der Waals surface area (Å²) in [6.07, 6.45) is 2.65. The molecule has 1 heteroatoms. The fourth-order valence-corrected chi connectivity index (χ4v) is 2.63. The summed E-state index contributed by atoms with van der Waals surface area (Å²) in [7, 11) is 0. The van der Waals surface area contributed by atoms with Crippen LogP contribution in [0.5, 0.6) is 0 Å². The van der Waals surface area contributed by atoms with Gasteiger partial charge in [-0.1, -0.05) is 61.2 Å². The van der Waals surface area contributed by atoms with Crippen molar-refractivity contribution in [2.45, 2.75) is 13.3 Å². The van der Waals surface area contributed by atoms with Gasteiger partial charge in [-0.25, -0.2) is 0 Å². The molecule has 0 aromatic heterocycles. The number of rotatable bonds is 5. The van der Waals surface area contributed by atoms with Gasteiger partial charge in [0.15, 0.2) is 0 Å². The monoisotopic (exact) mass is 294 g/mol. The molecule has 2 aromatic carbocycles. The Bertz CT molecular complexity index is 708. The van der Waals surface area contributed by atoms with Crippen molar-refractivity contribution >= 4 is 22.7 Å². The lowest BCUT2D eigenvalue weighted by Crippen LogP contribution is -1.90. The molecule has 0 bridgehead atoms. The van der Waals surface area contributed by atoms with Crippen LogP contribution < -0.4 is 0 Å². The maximum absolute atomic E-state index is 6.24. The van der Waals surface area contributed by atoms with E-state index >= 15 is 0 Å². The van der Waals surface area contributed by atoms with Gasteiger partial charge in [-0.3, -0.25) is 0 Å². The van der Waals surface area contributed by atoms with Gasteiger partial charge in [-0.05, 0) is 58.9 Å². The van der Waals surface area contributed by atoms with Crippen LogP contribution in [0.1, 0.15) is 24.5 Å². The van der Waals surface area contributed by atoms with Crippen LogP contribution in [-0.4, -0.2) is 0 Å². The maximum atomic E-state index is 6.24. The Kier molecular flexibility index (Phi) is 4.82. The molecular formula is C20H19Cl. The first kappa shape index (κ1) is 15.3. The van der Waals surface area contributed by atoms with Crippen molar-refractivity contribution in [2.24, 2.45) is 0 Å². The molecule has 0 aliphatic rings. The fraction of sp³-hybridized carbons (Fsp3) is 0.100. The summed E-state index contributed by atoms with van der Waals surface area (Å²) in [6, 6.07) is 14.3. The Morgan fingerprint density at radius 2 is 1.81 bits per heavy atom. The van der Waals surface area contributed by atoms with Gasteiger partial charge in [0.2, 0.25) is 0 Å². The smallest absolute Gasteiger partial charge is 0.0481 e. The number of hydrogen-bond donors (Lipinski definition) is 0. The normalized spacial score (nSPS) is 10.2. The van der Waals surface area contributed by atoms with E-state index < -0.39 is 0 Å². The molecule has 0 spiro atoms. The summed E-state index contributed by atoms with van der Waals surface area (Å²) >= 11 is 6.24. The molecule has 0 saturated carbocycles. The zero-order valence-electron chi connectivity index (χ0n) is 12.3. The number of hydrogen-bond acceptors (Lipinski definition) is 0. The minimum Gasteiger partial charge on any atom is -0.103 e. The standard InChI is InChI=1S/C20H19Cl/c1-5-8-15(4)17-9-6-7-10-18(17)16-11-12-20(21)19(13-16)14(2)3/h5-7,9-13H,1-2,4,8H2,3H3. The van der Waals surface area contributed by atoms with Gasteiger partial charge < -0.3 is 0 Å². The third-order valence-corrected chi connectivity index (χ3v) is 3.77. The summed E-state index contributed by atoms with van der Waals surface area (Å²) in [4.78, 5) is 0. The van der Waals surface area contributed by atoms with Crippen molar-refractivity contribution in [3.63, 3.8) is 0 Å². The van der Waals surface area contributed by atoms with Crippen molar-refractivity contribution in [1.82, 2.24) is 0 Å². The Hall–Kier alpha value is -2.05. The molecule has 0 aliphatic heterocycles. The van der Waals surface area contributed by atoms with Gasteiger partial charge in [-0.15, -0.1) is 6.58 Å². The molecule has 0 nitrogen and oxygen atoms in total. The van der Waals surface area contributed by atoms with Gasteiger partial charge >= 0.3 is 0 Å². The summed E-state index contributed by atoms with van der Waals surface area (Å²) < 4.78 is 0. The molecule has 0 radical (unpaired) electrons. The van der Waals surface area contributed by atoms with E-state index in [1.165, 1.54) is 0 Å². The van der Waals surface area contributed by atoms with E-state index in [-0.39, 0.29) is 0 Å². The lowest BCUT2D eigenvalue weighted by Gasteiger charge is -2.13. The Labute approximate surface area is 132 Å². The second-order valence-electron chi connectivity index (χ2n) is 5.12. The summed E-state index contributed by atoms with van der Waals surface area (Å²) in [6.45, 7) is 13.9. The lowest BCUT2D eigenvalue weighted by atomic mass is 9.92. The maximum Gasteiger partial charge on any atom is 0.0481 e. The Morgan fingerprint density at radius 3 is 2.48 bits per heavy atom. The SMILES string of the molecule is C=CCC(=C)c1ccccc1-c1ccc(Cl)c(C(=C)C)c1. The van der Waals surface area contributed by atoms with Crippen molar-refractivity contribution in [3.05, 3.63) is 84.4 Å². The average Bonchev–Trinajstić information content (AvgIpc) is 2.47. The van der Waals surface area contributed by atoms with Gasteiger partial charge in [0.05, 0.1) is 0 Å². The molecule has 0 aliphatic carbocycles. The molecule has 0 saturated heterocycles.